The maximum atomic E-state index is 13.0. The Bertz CT molecular complexity index is 1210. The predicted molar refractivity (Wildman–Crippen MR) is 266 cm³/mol. The van der Waals surface area contributed by atoms with Crippen molar-refractivity contribution < 1.29 is 73.8 Å². The van der Waals surface area contributed by atoms with Crippen LogP contribution in [0.15, 0.2) is 0 Å². The molecule has 7 N–H and O–H groups in total. The number of carbonyl (C=O) groups is 2. The van der Waals surface area contributed by atoms with Gasteiger partial charge >= 0.3 is 11.9 Å². The lowest BCUT2D eigenvalue weighted by molar-refractivity contribution is -0.332. The zero-order valence-corrected chi connectivity index (χ0v) is 43.3. The van der Waals surface area contributed by atoms with E-state index in [1.54, 1.807) is 0 Å². The highest BCUT2D eigenvalue weighted by Crippen LogP contribution is 2.27. The molecule has 0 radical (unpaired) electrons. The molecule has 0 amide bonds. The van der Waals surface area contributed by atoms with Crippen LogP contribution >= 0.6 is 0 Å². The zero-order valence-electron chi connectivity index (χ0n) is 43.3. The molecule has 2 saturated heterocycles. The fourth-order valence-corrected chi connectivity index (χ4v) is 9.22. The summed E-state index contributed by atoms with van der Waals surface area (Å²) < 4.78 is 33.6. The molecule has 2 aliphatic rings. The number of aliphatic hydroxyl groups is 7. The molecule has 0 aromatic heterocycles. The number of hydrogen-bond donors (Lipinski definition) is 7. The van der Waals surface area contributed by atoms with Gasteiger partial charge in [-0.3, -0.25) is 9.59 Å². The molecule has 2 rings (SSSR count). The van der Waals surface area contributed by atoms with Crippen molar-refractivity contribution in [1.82, 2.24) is 0 Å². The molecular formula is C54H102O15. The first kappa shape index (κ1) is 63.6. The van der Waals surface area contributed by atoms with E-state index in [0.717, 1.165) is 38.5 Å². The van der Waals surface area contributed by atoms with Crippen molar-refractivity contribution >= 4 is 11.9 Å². The van der Waals surface area contributed by atoms with E-state index >= 15 is 0 Å². The monoisotopic (exact) mass is 991 g/mol. The molecule has 2 aliphatic heterocycles. The number of rotatable bonds is 45. The fraction of sp³-hybridized carbons (Fsp3) is 0.963. The van der Waals surface area contributed by atoms with Gasteiger partial charge in [-0.25, -0.2) is 0 Å². The third kappa shape index (κ3) is 29.7. The van der Waals surface area contributed by atoms with Gasteiger partial charge in [0.15, 0.2) is 18.7 Å². The van der Waals surface area contributed by atoms with E-state index in [0.29, 0.717) is 12.8 Å². The number of aliphatic hydroxyl groups excluding tert-OH is 7. The van der Waals surface area contributed by atoms with Crippen LogP contribution in [0.4, 0.5) is 0 Å². The summed E-state index contributed by atoms with van der Waals surface area (Å²) >= 11 is 0. The molecule has 0 aromatic rings. The van der Waals surface area contributed by atoms with Gasteiger partial charge in [0, 0.05) is 12.8 Å². The summed E-state index contributed by atoms with van der Waals surface area (Å²) in [5.74, 6) is -0.910. The molecule has 2 heterocycles. The van der Waals surface area contributed by atoms with Crippen LogP contribution in [0.3, 0.4) is 0 Å². The van der Waals surface area contributed by atoms with Crippen LogP contribution < -0.4 is 0 Å². The third-order valence-electron chi connectivity index (χ3n) is 13.8. The minimum atomic E-state index is -1.76. The SMILES string of the molecule is CCCCCCCCCCCCCCCCCCCCCCCCCC(=O)OC(COC(=O)CCCCCCCCCCCC)COC1OC(COC2OC(CO)C(O)C(O)C2O)C(O)C(O)C1O. The number of esters is 2. The summed E-state index contributed by atoms with van der Waals surface area (Å²) in [4.78, 5) is 25.8. The van der Waals surface area contributed by atoms with Gasteiger partial charge in [0.25, 0.3) is 0 Å². The van der Waals surface area contributed by atoms with Crippen LogP contribution in [-0.4, -0.2) is 142 Å². The van der Waals surface area contributed by atoms with Crippen molar-refractivity contribution in [3.63, 3.8) is 0 Å². The van der Waals surface area contributed by atoms with Crippen LogP contribution in [-0.2, 0) is 38.0 Å². The fourth-order valence-electron chi connectivity index (χ4n) is 9.22. The standard InChI is InChI=1S/C54H102O15/c1-3-5-7-9-11-13-15-16-17-18-19-20-21-22-23-24-25-26-27-29-31-33-35-37-46(57)67-42(39-64-45(56)36-34-32-30-28-14-12-10-8-6-4-2)40-65-53-52(63)50(61)48(59)44(69-53)41-66-54-51(62)49(60)47(58)43(38-55)68-54/h42-44,47-55,58-63H,3-41H2,1-2H3. The Morgan fingerprint density at radius 2 is 0.739 bits per heavy atom. The van der Waals surface area contributed by atoms with Gasteiger partial charge in [0.2, 0.25) is 0 Å². The van der Waals surface area contributed by atoms with E-state index < -0.39 is 92.7 Å². The van der Waals surface area contributed by atoms with E-state index in [4.69, 9.17) is 28.4 Å². The zero-order chi connectivity index (χ0) is 50.3. The molecule has 69 heavy (non-hydrogen) atoms. The number of hydrogen-bond acceptors (Lipinski definition) is 15. The molecule has 15 nitrogen and oxygen atoms in total. The lowest BCUT2D eigenvalue weighted by Gasteiger charge is -2.42. The summed E-state index contributed by atoms with van der Waals surface area (Å²) in [6.07, 6.45) is 24.3. The van der Waals surface area contributed by atoms with E-state index in [1.165, 1.54) is 161 Å². The summed E-state index contributed by atoms with van der Waals surface area (Å²) in [6, 6.07) is 0. The molecular weight excluding hydrogens is 889 g/mol. The van der Waals surface area contributed by atoms with Gasteiger partial charge in [0.05, 0.1) is 19.8 Å². The van der Waals surface area contributed by atoms with Gasteiger partial charge in [-0.1, -0.05) is 213 Å². The summed E-state index contributed by atoms with van der Waals surface area (Å²) in [5, 5.41) is 72.1. The first-order chi connectivity index (χ1) is 33.5. The smallest absolute Gasteiger partial charge is 0.306 e. The average Bonchev–Trinajstić information content (AvgIpc) is 3.34. The maximum absolute atomic E-state index is 13.0. The van der Waals surface area contributed by atoms with Crippen molar-refractivity contribution in [3.8, 4) is 0 Å². The molecule has 0 saturated carbocycles. The molecule has 0 spiro atoms. The Hall–Kier alpha value is -1.50. The van der Waals surface area contributed by atoms with E-state index in [1.807, 2.05) is 0 Å². The largest absolute Gasteiger partial charge is 0.462 e. The summed E-state index contributed by atoms with van der Waals surface area (Å²) in [5.41, 5.74) is 0. The molecule has 2 fully saturated rings. The van der Waals surface area contributed by atoms with Gasteiger partial charge in [0.1, 0.15) is 55.4 Å². The molecule has 11 atom stereocenters. The van der Waals surface area contributed by atoms with Crippen LogP contribution in [0.2, 0.25) is 0 Å². The quantitative estimate of drug-likeness (QED) is 0.0223. The Morgan fingerprint density at radius 1 is 0.406 bits per heavy atom. The lowest BCUT2D eigenvalue weighted by atomic mass is 9.98. The molecule has 0 aliphatic carbocycles. The first-order valence-electron chi connectivity index (χ1n) is 28.1. The Kier molecular flexibility index (Phi) is 38.6. The molecule has 408 valence electrons. The van der Waals surface area contributed by atoms with Crippen molar-refractivity contribution in [2.24, 2.45) is 0 Å². The van der Waals surface area contributed by atoms with Crippen molar-refractivity contribution in [2.75, 3.05) is 26.4 Å². The number of carbonyl (C=O) groups excluding carboxylic acids is 2. The highest BCUT2D eigenvalue weighted by molar-refractivity contribution is 5.70. The molecule has 11 unspecified atom stereocenters. The van der Waals surface area contributed by atoms with Gasteiger partial charge in [-0.15, -0.1) is 0 Å². The molecule has 0 aromatic carbocycles. The maximum Gasteiger partial charge on any atom is 0.306 e. The van der Waals surface area contributed by atoms with Gasteiger partial charge in [-0.05, 0) is 12.8 Å². The van der Waals surface area contributed by atoms with Crippen LogP contribution in [0.25, 0.3) is 0 Å². The van der Waals surface area contributed by atoms with Crippen molar-refractivity contribution in [2.45, 2.75) is 306 Å². The lowest BCUT2D eigenvalue weighted by Crippen LogP contribution is -2.61. The minimum Gasteiger partial charge on any atom is -0.462 e. The van der Waals surface area contributed by atoms with E-state index in [2.05, 4.69) is 13.8 Å². The normalized spacial score (nSPS) is 25.5. The second-order valence-corrected chi connectivity index (χ2v) is 20.1. The van der Waals surface area contributed by atoms with Gasteiger partial charge in [-0.2, -0.15) is 0 Å². The average molecular weight is 991 g/mol. The molecule has 0 bridgehead atoms. The minimum absolute atomic E-state index is 0.174. The molecule has 15 heteroatoms. The second-order valence-electron chi connectivity index (χ2n) is 20.1. The highest BCUT2D eigenvalue weighted by atomic mass is 16.7. The van der Waals surface area contributed by atoms with E-state index in [-0.39, 0.29) is 26.1 Å². The van der Waals surface area contributed by atoms with Crippen LogP contribution in [0, 0.1) is 0 Å². The first-order valence-corrected chi connectivity index (χ1v) is 28.1. The second kappa shape index (κ2) is 41.9. The third-order valence-corrected chi connectivity index (χ3v) is 13.8. The van der Waals surface area contributed by atoms with Crippen LogP contribution in [0.5, 0.6) is 0 Å². The summed E-state index contributed by atoms with van der Waals surface area (Å²) in [7, 11) is 0. The number of unbranched alkanes of at least 4 members (excludes halogenated alkanes) is 31. The Morgan fingerprint density at radius 3 is 1.13 bits per heavy atom. The Labute approximate surface area is 417 Å². The summed E-state index contributed by atoms with van der Waals surface area (Å²) in [6.45, 7) is 2.62. The topological polar surface area (TPSA) is 231 Å². The predicted octanol–water partition coefficient (Wildman–Crippen LogP) is 8.78. The van der Waals surface area contributed by atoms with Gasteiger partial charge < -0.3 is 64.2 Å². The van der Waals surface area contributed by atoms with Crippen molar-refractivity contribution in [1.29, 1.82) is 0 Å². The van der Waals surface area contributed by atoms with Crippen molar-refractivity contribution in [3.05, 3.63) is 0 Å². The van der Waals surface area contributed by atoms with Crippen LogP contribution in [0.1, 0.15) is 239 Å². The number of ether oxygens (including phenoxy) is 6. The Balaban J connectivity index is 1.71. The highest BCUT2D eigenvalue weighted by Gasteiger charge is 2.47. The van der Waals surface area contributed by atoms with E-state index in [9.17, 15) is 45.3 Å².